The first-order chi connectivity index (χ1) is 15.6. The molecule has 3 aliphatic rings. The van der Waals surface area contributed by atoms with Gasteiger partial charge in [-0.1, -0.05) is 42.3 Å². The number of hydrogen-bond donors (Lipinski definition) is 0. The number of anilines is 1. The van der Waals surface area contributed by atoms with E-state index in [1.165, 1.54) is 5.56 Å². The van der Waals surface area contributed by atoms with Crippen LogP contribution in [-0.2, 0) is 11.2 Å². The van der Waals surface area contributed by atoms with Crippen LogP contribution < -0.4 is 4.90 Å². The van der Waals surface area contributed by atoms with Crippen molar-refractivity contribution in [1.82, 2.24) is 19.7 Å². The summed E-state index contributed by atoms with van der Waals surface area (Å²) in [6.45, 7) is 3.31. The van der Waals surface area contributed by atoms with Gasteiger partial charge in [0.2, 0.25) is 5.91 Å². The van der Waals surface area contributed by atoms with E-state index in [9.17, 15) is 4.79 Å². The van der Waals surface area contributed by atoms with Crippen LogP contribution in [0.1, 0.15) is 53.0 Å². The summed E-state index contributed by atoms with van der Waals surface area (Å²) in [5.74, 6) is 8.49. The molecule has 3 aliphatic heterocycles. The lowest BCUT2D eigenvalue weighted by Crippen LogP contribution is -2.35. The number of thiocarbonyl (C=S) groups is 1. The Kier molecular flexibility index (Phi) is 4.63. The van der Waals surface area contributed by atoms with Crippen molar-refractivity contribution in [3.8, 4) is 16.8 Å². The summed E-state index contributed by atoms with van der Waals surface area (Å²) in [5.41, 5.74) is 3.21. The molecule has 0 bridgehead atoms. The van der Waals surface area contributed by atoms with E-state index in [1.807, 2.05) is 25.1 Å². The molecule has 32 heavy (non-hydrogen) atoms. The number of rotatable bonds is 1. The van der Waals surface area contributed by atoms with E-state index >= 15 is 0 Å². The highest BCUT2D eigenvalue weighted by Gasteiger charge is 2.38. The number of benzene rings is 1. The lowest BCUT2D eigenvalue weighted by atomic mass is 10.0. The van der Waals surface area contributed by atoms with Crippen LogP contribution in [0.25, 0.3) is 5.00 Å². The maximum absolute atomic E-state index is 12.5. The van der Waals surface area contributed by atoms with Gasteiger partial charge in [0.05, 0.1) is 17.5 Å². The molecule has 0 spiro atoms. The van der Waals surface area contributed by atoms with Crippen molar-refractivity contribution in [3.05, 3.63) is 58.0 Å². The Bertz CT molecular complexity index is 1330. The highest BCUT2D eigenvalue weighted by Crippen LogP contribution is 2.41. The van der Waals surface area contributed by atoms with E-state index < -0.39 is 0 Å². The van der Waals surface area contributed by atoms with Gasteiger partial charge in [-0.2, -0.15) is 0 Å². The van der Waals surface area contributed by atoms with Crippen LogP contribution >= 0.6 is 23.6 Å². The fraction of sp³-hybridized carbons (Fsp3) is 0.333. The normalized spacial score (nSPS) is 19.0. The quantitative estimate of drug-likeness (QED) is 0.409. The van der Waals surface area contributed by atoms with Gasteiger partial charge in [-0.3, -0.25) is 9.36 Å². The summed E-state index contributed by atoms with van der Waals surface area (Å²) < 4.78 is 2.15. The lowest BCUT2D eigenvalue weighted by molar-refractivity contribution is -0.118. The standard InChI is InChI=1S/C24H21N5OS2/c1-15-25-26-22-20-9-5-13-28(20)23(31)18-14-17(32-24(18)29(15)22)7-4-12-27-19-8-3-2-6-16(19)10-11-21(27)30/h2-3,6,8,14,20H,5,9-13H2,1H3/t20-/m1/s1. The zero-order valence-corrected chi connectivity index (χ0v) is 19.3. The molecule has 0 N–H and O–H groups in total. The van der Waals surface area contributed by atoms with Crippen molar-refractivity contribution in [1.29, 1.82) is 0 Å². The largest absolute Gasteiger partial charge is 0.352 e. The third-order valence-corrected chi connectivity index (χ3v) is 7.94. The first kappa shape index (κ1) is 19.6. The number of carbonyl (C=O) groups excluding carboxylic acids is 1. The summed E-state index contributed by atoms with van der Waals surface area (Å²) >= 11 is 7.52. The summed E-state index contributed by atoms with van der Waals surface area (Å²) in [5, 5.41) is 9.90. The number of nitrogens with zero attached hydrogens (tertiary/aromatic N) is 5. The Morgan fingerprint density at radius 3 is 3.03 bits per heavy atom. The second-order valence-corrected chi connectivity index (χ2v) is 9.75. The number of aromatic nitrogens is 3. The Balaban J connectivity index is 1.35. The predicted molar refractivity (Wildman–Crippen MR) is 128 cm³/mol. The molecule has 1 amide bonds. The van der Waals surface area contributed by atoms with Gasteiger partial charge in [0.15, 0.2) is 5.82 Å². The van der Waals surface area contributed by atoms with Gasteiger partial charge in [0.1, 0.15) is 15.8 Å². The monoisotopic (exact) mass is 459 g/mol. The second-order valence-electron chi connectivity index (χ2n) is 8.34. The van der Waals surface area contributed by atoms with Crippen LogP contribution in [0.2, 0.25) is 0 Å². The predicted octanol–water partition coefficient (Wildman–Crippen LogP) is 3.79. The van der Waals surface area contributed by atoms with E-state index in [-0.39, 0.29) is 11.9 Å². The summed E-state index contributed by atoms with van der Waals surface area (Å²) in [6, 6.07) is 10.4. The van der Waals surface area contributed by atoms with Crippen molar-refractivity contribution in [2.24, 2.45) is 0 Å². The van der Waals surface area contributed by atoms with Crippen molar-refractivity contribution < 1.29 is 4.79 Å². The molecule has 1 atom stereocenters. The molecule has 0 unspecified atom stereocenters. The molecule has 1 aromatic carbocycles. The Hall–Kier alpha value is -3.02. The highest BCUT2D eigenvalue weighted by atomic mass is 32.1. The van der Waals surface area contributed by atoms with Gasteiger partial charge in [-0.05, 0) is 43.9 Å². The number of thiophene rings is 1. The number of fused-ring (bicyclic) bond motifs is 6. The third kappa shape index (κ3) is 2.99. The fourth-order valence-corrected chi connectivity index (χ4v) is 6.45. The number of aryl methyl sites for hydroxylation is 2. The summed E-state index contributed by atoms with van der Waals surface area (Å²) in [4.78, 5) is 18.4. The number of amides is 1. The van der Waals surface area contributed by atoms with E-state index in [0.717, 1.165) is 63.6 Å². The fourth-order valence-electron chi connectivity index (χ4n) is 4.92. The van der Waals surface area contributed by atoms with E-state index in [1.54, 1.807) is 16.2 Å². The Morgan fingerprint density at radius 1 is 1.25 bits per heavy atom. The zero-order chi connectivity index (χ0) is 21.8. The van der Waals surface area contributed by atoms with Gasteiger partial charge < -0.3 is 9.80 Å². The maximum atomic E-state index is 12.5. The maximum Gasteiger partial charge on any atom is 0.228 e. The Labute approximate surface area is 195 Å². The molecule has 8 heteroatoms. The van der Waals surface area contributed by atoms with Crippen LogP contribution in [0.15, 0.2) is 30.3 Å². The molecule has 0 saturated carbocycles. The topological polar surface area (TPSA) is 54.3 Å². The first-order valence-electron chi connectivity index (χ1n) is 10.9. The molecule has 5 heterocycles. The first-order valence-corrected chi connectivity index (χ1v) is 12.1. The molecule has 2 aromatic heterocycles. The summed E-state index contributed by atoms with van der Waals surface area (Å²) in [7, 11) is 0. The minimum Gasteiger partial charge on any atom is -0.352 e. The van der Waals surface area contributed by atoms with Gasteiger partial charge in [0.25, 0.3) is 0 Å². The Morgan fingerprint density at radius 2 is 2.12 bits per heavy atom. The van der Waals surface area contributed by atoms with E-state index in [0.29, 0.717) is 13.0 Å². The van der Waals surface area contributed by atoms with Crippen LogP contribution in [0, 0.1) is 18.8 Å². The summed E-state index contributed by atoms with van der Waals surface area (Å²) in [6.07, 6.45) is 3.48. The van der Waals surface area contributed by atoms with Crippen molar-refractivity contribution in [3.63, 3.8) is 0 Å². The molecular weight excluding hydrogens is 438 g/mol. The average Bonchev–Trinajstić information content (AvgIpc) is 3.51. The van der Waals surface area contributed by atoms with Crippen molar-refractivity contribution in [2.45, 2.75) is 38.6 Å². The van der Waals surface area contributed by atoms with Gasteiger partial charge in [-0.25, -0.2) is 0 Å². The smallest absolute Gasteiger partial charge is 0.228 e. The van der Waals surface area contributed by atoms with Crippen LogP contribution in [0.3, 0.4) is 0 Å². The van der Waals surface area contributed by atoms with Gasteiger partial charge >= 0.3 is 0 Å². The zero-order valence-electron chi connectivity index (χ0n) is 17.7. The minimum atomic E-state index is 0.131. The van der Waals surface area contributed by atoms with Crippen LogP contribution in [0.4, 0.5) is 5.69 Å². The second kappa shape index (κ2) is 7.54. The molecule has 160 valence electrons. The van der Waals surface area contributed by atoms with E-state index in [2.05, 4.69) is 43.6 Å². The number of para-hydroxylation sites is 1. The third-order valence-electron chi connectivity index (χ3n) is 6.45. The van der Waals surface area contributed by atoms with Crippen molar-refractivity contribution in [2.75, 3.05) is 18.0 Å². The minimum absolute atomic E-state index is 0.131. The van der Waals surface area contributed by atoms with Crippen LogP contribution in [0.5, 0.6) is 0 Å². The molecule has 3 aromatic rings. The van der Waals surface area contributed by atoms with Gasteiger partial charge in [0, 0.05) is 24.2 Å². The number of carbonyl (C=O) groups is 1. The van der Waals surface area contributed by atoms with Crippen LogP contribution in [-0.4, -0.2) is 43.6 Å². The lowest BCUT2D eigenvalue weighted by Gasteiger charge is -2.27. The highest BCUT2D eigenvalue weighted by molar-refractivity contribution is 7.80. The molecule has 6 nitrogen and oxygen atoms in total. The van der Waals surface area contributed by atoms with Crippen molar-refractivity contribution >= 4 is 40.1 Å². The molecule has 6 rings (SSSR count). The molecular formula is C24H21N5OS2. The molecule has 1 fully saturated rings. The average molecular weight is 460 g/mol. The number of hydrogen-bond acceptors (Lipinski definition) is 5. The SMILES string of the molecule is Cc1nnc2n1-c1sc(C#CCN3C(=O)CCc4ccccc43)cc1C(=S)N1CCC[C@H]21. The molecule has 1 saturated heterocycles. The van der Waals surface area contributed by atoms with Gasteiger partial charge in [-0.15, -0.1) is 21.5 Å². The molecule has 0 radical (unpaired) electrons. The molecule has 0 aliphatic carbocycles. The van der Waals surface area contributed by atoms with E-state index in [4.69, 9.17) is 12.2 Å².